The molecule has 0 saturated carbocycles. The van der Waals surface area contributed by atoms with Gasteiger partial charge in [0.15, 0.2) is 0 Å². The molecular weight excluding hydrogens is 292 g/mol. The van der Waals surface area contributed by atoms with E-state index >= 15 is 0 Å². The number of anilines is 1. The van der Waals surface area contributed by atoms with Gasteiger partial charge in [-0.05, 0) is 60.7 Å². The highest BCUT2D eigenvalue weighted by Gasteiger charge is 2.10. The first kappa shape index (κ1) is 13.3. The van der Waals surface area contributed by atoms with Gasteiger partial charge in [-0.15, -0.1) is 0 Å². The maximum atomic E-state index is 11.9. The molecule has 0 atom stereocenters. The van der Waals surface area contributed by atoms with Crippen LogP contribution >= 0.6 is 15.9 Å². The zero-order valence-electron chi connectivity index (χ0n) is 10.5. The second kappa shape index (κ2) is 6.14. The lowest BCUT2D eigenvalue weighted by Crippen LogP contribution is -2.14. The number of pyridine rings is 1. The third kappa shape index (κ3) is 3.67. The Hall–Kier alpha value is -1.16. The number of aromatic nitrogens is 1. The molecule has 0 fully saturated rings. The van der Waals surface area contributed by atoms with E-state index in [9.17, 15) is 4.79 Å². The van der Waals surface area contributed by atoms with E-state index in [4.69, 9.17) is 0 Å². The summed E-state index contributed by atoms with van der Waals surface area (Å²) in [5.41, 5.74) is 2.89. The number of rotatable bonds is 3. The molecule has 0 bridgehead atoms. The highest BCUT2D eigenvalue weighted by atomic mass is 79.9. The van der Waals surface area contributed by atoms with Gasteiger partial charge >= 0.3 is 0 Å². The van der Waals surface area contributed by atoms with Crippen molar-refractivity contribution in [1.82, 2.24) is 4.98 Å². The van der Waals surface area contributed by atoms with Crippen LogP contribution in [0.2, 0.25) is 0 Å². The summed E-state index contributed by atoms with van der Waals surface area (Å²) in [4.78, 5) is 16.2. The number of carbonyl (C=O) groups is 1. The first-order chi connectivity index (χ1) is 8.65. The molecule has 1 aliphatic rings. The third-order valence-electron chi connectivity index (χ3n) is 3.10. The monoisotopic (exact) mass is 308 g/mol. The van der Waals surface area contributed by atoms with E-state index in [1.807, 2.05) is 19.1 Å². The number of hydrogen-bond donors (Lipinski definition) is 1. The molecule has 1 aromatic heterocycles. The minimum Gasteiger partial charge on any atom is -0.324 e. The molecule has 4 heteroatoms. The SMILES string of the molecule is Cc1nc(Br)ccc1NC(=O)CC1=CCCCC1. The number of aryl methyl sites for hydroxylation is 1. The predicted molar refractivity (Wildman–Crippen MR) is 76.5 cm³/mol. The summed E-state index contributed by atoms with van der Waals surface area (Å²) in [5, 5.41) is 2.92. The van der Waals surface area contributed by atoms with E-state index in [-0.39, 0.29) is 5.91 Å². The van der Waals surface area contributed by atoms with Gasteiger partial charge in [0.05, 0.1) is 11.4 Å². The van der Waals surface area contributed by atoms with Crippen LogP contribution in [0.25, 0.3) is 0 Å². The molecule has 0 aromatic carbocycles. The Bertz CT molecular complexity index is 483. The van der Waals surface area contributed by atoms with Crippen molar-refractivity contribution in [3.63, 3.8) is 0 Å². The van der Waals surface area contributed by atoms with Crippen molar-refractivity contribution in [3.05, 3.63) is 34.1 Å². The van der Waals surface area contributed by atoms with Gasteiger partial charge in [0.2, 0.25) is 5.91 Å². The van der Waals surface area contributed by atoms with Gasteiger partial charge in [0.25, 0.3) is 0 Å². The number of allylic oxidation sites excluding steroid dienone is 1. The molecule has 0 saturated heterocycles. The van der Waals surface area contributed by atoms with Crippen LogP contribution in [0.1, 0.15) is 37.8 Å². The normalized spacial score (nSPS) is 15.1. The molecular formula is C14H17BrN2O. The zero-order chi connectivity index (χ0) is 13.0. The molecule has 0 radical (unpaired) electrons. The standard InChI is InChI=1S/C14H17BrN2O/c1-10-12(7-8-13(15)16-10)17-14(18)9-11-5-3-2-4-6-11/h5,7-8H,2-4,6,9H2,1H3,(H,17,18). The predicted octanol–water partition coefficient (Wildman–Crippen LogP) is 3.98. The van der Waals surface area contributed by atoms with Crippen LogP contribution in [-0.4, -0.2) is 10.9 Å². The van der Waals surface area contributed by atoms with Gasteiger partial charge in [0, 0.05) is 6.42 Å². The van der Waals surface area contributed by atoms with Gasteiger partial charge in [-0.25, -0.2) is 4.98 Å². The van der Waals surface area contributed by atoms with E-state index in [1.54, 1.807) is 0 Å². The van der Waals surface area contributed by atoms with Crippen molar-refractivity contribution in [2.45, 2.75) is 39.0 Å². The van der Waals surface area contributed by atoms with E-state index < -0.39 is 0 Å². The Labute approximate surface area is 116 Å². The molecule has 0 spiro atoms. The van der Waals surface area contributed by atoms with E-state index in [0.29, 0.717) is 6.42 Å². The lowest BCUT2D eigenvalue weighted by molar-refractivity contribution is -0.115. The number of hydrogen-bond acceptors (Lipinski definition) is 2. The Morgan fingerprint density at radius 3 is 2.94 bits per heavy atom. The average molecular weight is 309 g/mol. The number of nitrogens with one attached hydrogen (secondary N) is 1. The summed E-state index contributed by atoms with van der Waals surface area (Å²) in [7, 11) is 0. The molecule has 96 valence electrons. The van der Waals surface area contributed by atoms with Crippen molar-refractivity contribution in [2.75, 3.05) is 5.32 Å². The van der Waals surface area contributed by atoms with Gasteiger partial charge in [-0.1, -0.05) is 11.6 Å². The lowest BCUT2D eigenvalue weighted by Gasteiger charge is -2.13. The molecule has 1 amide bonds. The number of amides is 1. The van der Waals surface area contributed by atoms with E-state index in [0.717, 1.165) is 28.8 Å². The summed E-state index contributed by atoms with van der Waals surface area (Å²) in [6.45, 7) is 1.89. The number of halogens is 1. The summed E-state index contributed by atoms with van der Waals surface area (Å²) >= 11 is 3.31. The van der Waals surface area contributed by atoms with Crippen LogP contribution in [-0.2, 0) is 4.79 Å². The van der Waals surface area contributed by atoms with Crippen LogP contribution in [0, 0.1) is 6.92 Å². The maximum Gasteiger partial charge on any atom is 0.228 e. The van der Waals surface area contributed by atoms with Crippen molar-refractivity contribution in [1.29, 1.82) is 0 Å². The number of carbonyl (C=O) groups excluding carboxylic acids is 1. The quantitative estimate of drug-likeness (QED) is 0.678. The Balaban J connectivity index is 1.96. The fourth-order valence-electron chi connectivity index (χ4n) is 2.13. The molecule has 1 N–H and O–H groups in total. The first-order valence-electron chi connectivity index (χ1n) is 6.26. The van der Waals surface area contributed by atoms with Crippen LogP contribution < -0.4 is 5.32 Å². The molecule has 1 heterocycles. The highest BCUT2D eigenvalue weighted by molar-refractivity contribution is 9.10. The lowest BCUT2D eigenvalue weighted by atomic mass is 9.97. The van der Waals surface area contributed by atoms with Gasteiger partial charge in [-0.2, -0.15) is 0 Å². The molecule has 1 aromatic rings. The van der Waals surface area contributed by atoms with Crippen LogP contribution in [0.3, 0.4) is 0 Å². The zero-order valence-corrected chi connectivity index (χ0v) is 12.1. The van der Waals surface area contributed by atoms with Gasteiger partial charge in [0.1, 0.15) is 4.60 Å². The second-order valence-corrected chi connectivity index (χ2v) is 5.41. The summed E-state index contributed by atoms with van der Waals surface area (Å²) in [5.74, 6) is 0.0513. The van der Waals surface area contributed by atoms with E-state index in [1.165, 1.54) is 18.4 Å². The minimum atomic E-state index is 0.0513. The molecule has 18 heavy (non-hydrogen) atoms. The van der Waals surface area contributed by atoms with Gasteiger partial charge in [-0.3, -0.25) is 4.79 Å². The van der Waals surface area contributed by atoms with Crippen molar-refractivity contribution in [2.24, 2.45) is 0 Å². The summed E-state index contributed by atoms with van der Waals surface area (Å²) in [6.07, 6.45) is 7.34. The largest absolute Gasteiger partial charge is 0.324 e. The highest BCUT2D eigenvalue weighted by Crippen LogP contribution is 2.21. The molecule has 1 aliphatic carbocycles. The molecule has 3 nitrogen and oxygen atoms in total. The smallest absolute Gasteiger partial charge is 0.228 e. The van der Waals surface area contributed by atoms with Crippen molar-refractivity contribution >= 4 is 27.5 Å². The molecule has 0 unspecified atom stereocenters. The number of nitrogens with zero attached hydrogens (tertiary/aromatic N) is 1. The topological polar surface area (TPSA) is 42.0 Å². The fourth-order valence-corrected chi connectivity index (χ4v) is 2.53. The van der Waals surface area contributed by atoms with Crippen LogP contribution in [0.5, 0.6) is 0 Å². The Morgan fingerprint density at radius 1 is 1.44 bits per heavy atom. The first-order valence-corrected chi connectivity index (χ1v) is 7.05. The fraction of sp³-hybridized carbons (Fsp3) is 0.429. The molecule has 2 rings (SSSR count). The molecule has 0 aliphatic heterocycles. The Morgan fingerprint density at radius 2 is 2.28 bits per heavy atom. The van der Waals surface area contributed by atoms with Crippen molar-refractivity contribution in [3.8, 4) is 0 Å². The maximum absolute atomic E-state index is 11.9. The van der Waals surface area contributed by atoms with Gasteiger partial charge < -0.3 is 5.32 Å². The Kier molecular flexibility index (Phi) is 4.53. The summed E-state index contributed by atoms with van der Waals surface area (Å²) < 4.78 is 0.785. The van der Waals surface area contributed by atoms with Crippen molar-refractivity contribution < 1.29 is 4.79 Å². The minimum absolute atomic E-state index is 0.0513. The summed E-state index contributed by atoms with van der Waals surface area (Å²) in [6, 6.07) is 3.71. The van der Waals surface area contributed by atoms with E-state index in [2.05, 4.69) is 32.3 Å². The van der Waals surface area contributed by atoms with Crippen LogP contribution in [0.4, 0.5) is 5.69 Å². The average Bonchev–Trinajstić information content (AvgIpc) is 2.34. The van der Waals surface area contributed by atoms with Crippen LogP contribution in [0.15, 0.2) is 28.4 Å². The third-order valence-corrected chi connectivity index (χ3v) is 3.54. The second-order valence-electron chi connectivity index (χ2n) is 4.60.